The molecule has 0 bridgehead atoms. The third kappa shape index (κ3) is 5.13. The molecule has 1 atom stereocenters. The fraction of sp³-hybridized carbons (Fsp3) is 0.200. The maximum absolute atomic E-state index is 12.5. The highest BCUT2D eigenvalue weighted by Crippen LogP contribution is 2.22. The number of nitro benzene ring substituents is 1. The van der Waals surface area contributed by atoms with E-state index in [1.54, 1.807) is 24.3 Å². The SMILES string of the molecule is CN(C[C@H](N)c1cccc(Cl)c1)S(=O)(=O)c1ccc([N+](=O)[O-])cc1.Cl. The van der Waals surface area contributed by atoms with Crippen molar-refractivity contribution in [3.05, 3.63) is 69.2 Å². The van der Waals surface area contributed by atoms with Crippen LogP contribution in [0.25, 0.3) is 0 Å². The average Bonchev–Trinajstić information content (AvgIpc) is 2.54. The van der Waals surface area contributed by atoms with Crippen molar-refractivity contribution >= 4 is 39.7 Å². The monoisotopic (exact) mass is 405 g/mol. The lowest BCUT2D eigenvalue weighted by atomic mass is 10.1. The number of halogens is 2. The zero-order valence-electron chi connectivity index (χ0n) is 13.2. The predicted octanol–water partition coefficient (Wildman–Crippen LogP) is 2.99. The van der Waals surface area contributed by atoms with Crippen LogP contribution in [0.1, 0.15) is 11.6 Å². The Labute approximate surface area is 157 Å². The van der Waals surface area contributed by atoms with Crippen molar-refractivity contribution in [1.29, 1.82) is 0 Å². The summed E-state index contributed by atoms with van der Waals surface area (Å²) < 4.78 is 26.2. The van der Waals surface area contributed by atoms with Crippen LogP contribution >= 0.6 is 24.0 Å². The van der Waals surface area contributed by atoms with Gasteiger partial charge in [0.25, 0.3) is 5.69 Å². The first-order valence-corrected chi connectivity index (χ1v) is 8.75. The van der Waals surface area contributed by atoms with Crippen LogP contribution in [0.5, 0.6) is 0 Å². The molecular weight excluding hydrogens is 389 g/mol. The van der Waals surface area contributed by atoms with E-state index in [0.29, 0.717) is 10.6 Å². The van der Waals surface area contributed by atoms with Gasteiger partial charge in [-0.15, -0.1) is 12.4 Å². The summed E-state index contributed by atoms with van der Waals surface area (Å²) in [6.45, 7) is 0.0413. The van der Waals surface area contributed by atoms with E-state index in [2.05, 4.69) is 0 Å². The number of non-ortho nitro benzene ring substituents is 1. The second kappa shape index (κ2) is 8.59. The molecule has 0 aliphatic carbocycles. The number of likely N-dealkylation sites (N-methyl/N-ethyl adjacent to an activating group) is 1. The summed E-state index contributed by atoms with van der Waals surface area (Å²) in [5.41, 5.74) is 6.59. The third-order valence-electron chi connectivity index (χ3n) is 3.49. The highest BCUT2D eigenvalue weighted by molar-refractivity contribution is 7.89. The summed E-state index contributed by atoms with van der Waals surface area (Å²) in [5, 5.41) is 11.2. The van der Waals surface area contributed by atoms with Crippen molar-refractivity contribution in [1.82, 2.24) is 4.31 Å². The van der Waals surface area contributed by atoms with Gasteiger partial charge in [0.15, 0.2) is 0 Å². The molecule has 0 spiro atoms. The summed E-state index contributed by atoms with van der Waals surface area (Å²) in [5.74, 6) is 0. The van der Waals surface area contributed by atoms with Crippen LogP contribution in [0.3, 0.4) is 0 Å². The van der Waals surface area contributed by atoms with Gasteiger partial charge in [-0.25, -0.2) is 8.42 Å². The van der Waals surface area contributed by atoms with E-state index < -0.39 is 21.0 Å². The Morgan fingerprint density at radius 2 is 1.84 bits per heavy atom. The first-order valence-electron chi connectivity index (χ1n) is 6.93. The van der Waals surface area contributed by atoms with Crippen LogP contribution in [-0.2, 0) is 10.0 Å². The fourth-order valence-corrected chi connectivity index (χ4v) is 3.53. The number of nitrogens with two attached hydrogens (primary N) is 1. The summed E-state index contributed by atoms with van der Waals surface area (Å²) in [6.07, 6.45) is 0. The van der Waals surface area contributed by atoms with Crippen LogP contribution in [0.2, 0.25) is 5.02 Å². The lowest BCUT2D eigenvalue weighted by Crippen LogP contribution is -2.34. The van der Waals surface area contributed by atoms with E-state index in [9.17, 15) is 18.5 Å². The molecule has 2 aromatic rings. The number of benzene rings is 2. The number of nitro groups is 1. The molecule has 25 heavy (non-hydrogen) atoms. The molecule has 2 rings (SSSR count). The summed E-state index contributed by atoms with van der Waals surface area (Å²) in [7, 11) is -2.39. The zero-order chi connectivity index (χ0) is 17.9. The van der Waals surface area contributed by atoms with Gasteiger partial charge in [0, 0.05) is 36.8 Å². The second-order valence-corrected chi connectivity index (χ2v) is 7.68. The smallest absolute Gasteiger partial charge is 0.269 e. The van der Waals surface area contributed by atoms with Crippen molar-refractivity contribution in [2.24, 2.45) is 5.73 Å². The normalized spacial score (nSPS) is 12.5. The minimum absolute atomic E-state index is 0. The van der Waals surface area contributed by atoms with E-state index in [-0.39, 0.29) is 29.5 Å². The number of hydrogen-bond donors (Lipinski definition) is 1. The molecule has 7 nitrogen and oxygen atoms in total. The summed E-state index contributed by atoms with van der Waals surface area (Å²) >= 11 is 5.91. The van der Waals surface area contributed by atoms with E-state index >= 15 is 0 Å². The molecule has 0 aliphatic rings. The Kier molecular flexibility index (Phi) is 7.33. The predicted molar refractivity (Wildman–Crippen MR) is 98.5 cm³/mol. The maximum Gasteiger partial charge on any atom is 0.269 e. The molecule has 10 heteroatoms. The summed E-state index contributed by atoms with van der Waals surface area (Å²) in [6, 6.07) is 11.0. The van der Waals surface area contributed by atoms with Gasteiger partial charge < -0.3 is 5.73 Å². The highest BCUT2D eigenvalue weighted by atomic mass is 35.5. The average molecular weight is 406 g/mol. The summed E-state index contributed by atoms with van der Waals surface area (Å²) in [4.78, 5) is 10.0. The largest absolute Gasteiger partial charge is 0.323 e. The molecule has 0 heterocycles. The van der Waals surface area contributed by atoms with Crippen LogP contribution in [0, 0.1) is 10.1 Å². The number of rotatable bonds is 6. The topological polar surface area (TPSA) is 107 Å². The van der Waals surface area contributed by atoms with Gasteiger partial charge in [0.2, 0.25) is 10.0 Å². The van der Waals surface area contributed by atoms with Crippen LogP contribution in [-0.4, -0.2) is 31.2 Å². The Morgan fingerprint density at radius 1 is 1.24 bits per heavy atom. The van der Waals surface area contributed by atoms with Crippen LogP contribution < -0.4 is 5.73 Å². The Morgan fingerprint density at radius 3 is 2.36 bits per heavy atom. The van der Waals surface area contributed by atoms with Crippen molar-refractivity contribution in [3.8, 4) is 0 Å². The minimum Gasteiger partial charge on any atom is -0.323 e. The quantitative estimate of drug-likeness (QED) is 0.586. The first-order chi connectivity index (χ1) is 11.2. The van der Waals surface area contributed by atoms with Crippen molar-refractivity contribution in [2.75, 3.05) is 13.6 Å². The minimum atomic E-state index is -3.80. The molecule has 0 unspecified atom stereocenters. The molecule has 0 saturated heterocycles. The lowest BCUT2D eigenvalue weighted by molar-refractivity contribution is -0.384. The molecule has 2 N–H and O–H groups in total. The molecular formula is C15H17Cl2N3O4S. The highest BCUT2D eigenvalue weighted by Gasteiger charge is 2.24. The van der Waals surface area contributed by atoms with Crippen molar-refractivity contribution < 1.29 is 13.3 Å². The molecule has 136 valence electrons. The Hall–Kier alpha value is -1.71. The molecule has 0 saturated carbocycles. The van der Waals surface area contributed by atoms with E-state index in [4.69, 9.17) is 17.3 Å². The molecule has 0 aliphatic heterocycles. The Bertz CT molecular complexity index is 844. The maximum atomic E-state index is 12.5. The lowest BCUT2D eigenvalue weighted by Gasteiger charge is -2.21. The fourth-order valence-electron chi connectivity index (χ4n) is 2.14. The first kappa shape index (κ1) is 21.3. The Balaban J connectivity index is 0.00000312. The van der Waals surface area contributed by atoms with Crippen LogP contribution in [0.15, 0.2) is 53.4 Å². The van der Waals surface area contributed by atoms with Gasteiger partial charge in [-0.1, -0.05) is 23.7 Å². The van der Waals surface area contributed by atoms with Crippen LogP contribution in [0.4, 0.5) is 5.69 Å². The van der Waals surface area contributed by atoms with E-state index in [0.717, 1.165) is 16.4 Å². The number of hydrogen-bond acceptors (Lipinski definition) is 5. The van der Waals surface area contributed by atoms with E-state index in [1.807, 2.05) is 0 Å². The second-order valence-electron chi connectivity index (χ2n) is 5.20. The molecule has 0 amide bonds. The molecule has 0 aromatic heterocycles. The van der Waals surface area contributed by atoms with Gasteiger partial charge in [-0.2, -0.15) is 4.31 Å². The van der Waals surface area contributed by atoms with Gasteiger partial charge in [0.1, 0.15) is 0 Å². The molecule has 0 radical (unpaired) electrons. The van der Waals surface area contributed by atoms with Gasteiger partial charge in [-0.3, -0.25) is 10.1 Å². The number of sulfonamides is 1. The van der Waals surface area contributed by atoms with E-state index in [1.165, 1.54) is 19.2 Å². The molecule has 2 aromatic carbocycles. The third-order valence-corrected chi connectivity index (χ3v) is 5.56. The van der Waals surface area contributed by atoms with Crippen molar-refractivity contribution in [2.45, 2.75) is 10.9 Å². The molecule has 0 fully saturated rings. The number of nitrogens with zero attached hydrogens (tertiary/aromatic N) is 2. The van der Waals surface area contributed by atoms with Gasteiger partial charge in [-0.05, 0) is 29.8 Å². The standard InChI is InChI=1S/C15H16ClN3O4S.ClH/c1-18(10-15(17)11-3-2-4-12(16)9-11)24(22,23)14-7-5-13(6-8-14)19(20)21;/h2-9,15H,10,17H2,1H3;1H/t15-;/m0./s1. The van der Waals surface area contributed by atoms with Gasteiger partial charge >= 0.3 is 0 Å². The van der Waals surface area contributed by atoms with Gasteiger partial charge in [0.05, 0.1) is 9.82 Å². The zero-order valence-corrected chi connectivity index (χ0v) is 15.6. The van der Waals surface area contributed by atoms with Crippen molar-refractivity contribution in [3.63, 3.8) is 0 Å².